The van der Waals surface area contributed by atoms with Crippen LogP contribution in [-0.2, 0) is 0 Å². The van der Waals surface area contributed by atoms with Gasteiger partial charge in [0, 0.05) is 5.46 Å². The van der Waals surface area contributed by atoms with Crippen molar-refractivity contribution in [3.8, 4) is 17.2 Å². The highest BCUT2D eigenvalue weighted by Crippen LogP contribution is 2.39. The fraction of sp³-hybridized carbons (Fsp3) is 0.250. The van der Waals surface area contributed by atoms with E-state index >= 15 is 0 Å². The molecule has 4 aliphatic heterocycles. The molecule has 4 bridgehead atoms. The first-order chi connectivity index (χ1) is 17.6. The van der Waals surface area contributed by atoms with Crippen LogP contribution in [0.25, 0.3) is 0 Å². The van der Waals surface area contributed by atoms with Crippen LogP contribution >= 0.6 is 0 Å². The van der Waals surface area contributed by atoms with Crippen LogP contribution in [0, 0.1) is 0 Å². The molecular weight excluding hydrogens is 443 g/mol. The molecule has 0 fully saturated rings. The number of hydrogen-bond acceptors (Lipinski definition) is 3. The quantitative estimate of drug-likeness (QED) is 0.305. The third-order valence-electron chi connectivity index (χ3n) is 7.42. The van der Waals surface area contributed by atoms with Crippen LogP contribution in [0.5, 0.6) is 17.2 Å². The lowest BCUT2D eigenvalue weighted by molar-refractivity contribution is 0.436. The molecule has 4 heterocycles. The lowest BCUT2D eigenvalue weighted by atomic mass is 9.77. The first kappa shape index (κ1) is 24.1. The molecular formula is C32H33BO3. The van der Waals surface area contributed by atoms with E-state index in [-0.39, 0.29) is 0 Å². The number of hydrogen-bond donors (Lipinski definition) is 1. The second kappa shape index (κ2) is 10.9. The summed E-state index contributed by atoms with van der Waals surface area (Å²) in [5.41, 5.74) is 4.91. The largest absolute Gasteiger partial charge is 0.632 e. The first-order valence-electron chi connectivity index (χ1n) is 13.0. The summed E-state index contributed by atoms with van der Waals surface area (Å²) in [6, 6.07) is 34.8. The fourth-order valence-electron chi connectivity index (χ4n) is 5.27. The van der Waals surface area contributed by atoms with E-state index in [9.17, 15) is 5.11 Å². The monoisotopic (exact) mass is 476 g/mol. The van der Waals surface area contributed by atoms with Crippen molar-refractivity contribution < 1.29 is 14.4 Å². The van der Waals surface area contributed by atoms with Gasteiger partial charge in [-0.1, -0.05) is 80.6 Å². The summed E-state index contributed by atoms with van der Waals surface area (Å²) in [7, 11) is -0.530. The predicted octanol–water partition coefficient (Wildman–Crippen LogP) is 7.42. The summed E-state index contributed by atoms with van der Waals surface area (Å²) in [6.07, 6.45) is 3.17. The van der Waals surface area contributed by atoms with Crippen LogP contribution in [0.1, 0.15) is 67.6 Å². The van der Waals surface area contributed by atoms with E-state index in [0.29, 0.717) is 23.5 Å². The number of phenolic OH excluding ortho intramolecular Hbond substituents is 1. The molecule has 1 N–H and O–H groups in total. The number of aromatic hydroxyl groups is 1. The Balaban J connectivity index is 1.48. The highest BCUT2D eigenvalue weighted by Gasteiger charge is 2.28. The van der Waals surface area contributed by atoms with Gasteiger partial charge in [0.25, 0.3) is 0 Å². The van der Waals surface area contributed by atoms with Crippen molar-refractivity contribution in [2.24, 2.45) is 0 Å². The molecule has 4 aromatic carbocycles. The predicted molar refractivity (Wildman–Crippen MR) is 147 cm³/mol. The zero-order chi connectivity index (χ0) is 24.9. The van der Waals surface area contributed by atoms with E-state index in [4.69, 9.17) is 9.31 Å². The second-order valence-corrected chi connectivity index (χ2v) is 9.88. The van der Waals surface area contributed by atoms with E-state index in [1.165, 1.54) is 16.7 Å². The summed E-state index contributed by atoms with van der Waals surface area (Å²) >= 11 is 0. The number of rotatable bonds is 5. The second-order valence-electron chi connectivity index (χ2n) is 9.88. The Morgan fingerprint density at radius 2 is 1.36 bits per heavy atom. The van der Waals surface area contributed by atoms with Gasteiger partial charge in [0.2, 0.25) is 0 Å². The van der Waals surface area contributed by atoms with E-state index < -0.39 is 7.12 Å². The molecule has 0 saturated carbocycles. The highest BCUT2D eigenvalue weighted by atomic mass is 16.6. The van der Waals surface area contributed by atoms with Gasteiger partial charge in [-0.05, 0) is 90.1 Å². The SMILES string of the molecule is CCC(CC1CC(C)c2ccc(cc2)OB(c2ccccc2)Oc2ccc1cc2)c1ccc(O)cc1. The Morgan fingerprint density at radius 3 is 1.94 bits per heavy atom. The Morgan fingerprint density at radius 1 is 0.778 bits per heavy atom. The molecule has 4 aromatic rings. The molecule has 4 heteroatoms. The van der Waals surface area contributed by atoms with Gasteiger partial charge < -0.3 is 14.4 Å². The van der Waals surface area contributed by atoms with Gasteiger partial charge in [-0.25, -0.2) is 0 Å². The van der Waals surface area contributed by atoms with Gasteiger partial charge >= 0.3 is 7.12 Å². The van der Waals surface area contributed by atoms with E-state index in [2.05, 4.69) is 74.5 Å². The summed E-state index contributed by atoms with van der Waals surface area (Å²) in [6.45, 7) is 4.57. The summed E-state index contributed by atoms with van der Waals surface area (Å²) < 4.78 is 12.6. The normalized spacial score (nSPS) is 18.2. The zero-order valence-electron chi connectivity index (χ0n) is 21.0. The van der Waals surface area contributed by atoms with Gasteiger partial charge in [0.05, 0.1) is 0 Å². The highest BCUT2D eigenvalue weighted by molar-refractivity contribution is 6.62. The summed E-state index contributed by atoms with van der Waals surface area (Å²) in [5.74, 6) is 3.14. The standard InChI is InChI=1S/C32H33BO3/c1-3-24(26-9-15-30(34)16-10-26)22-28-21-23(2)25-11-17-31(18-12-25)35-33(29-7-5-4-6-8-29)36-32-19-13-27(28)14-20-32/h4-20,23-24,28,34H,3,21-22H2,1-2H3. The van der Waals surface area contributed by atoms with Crippen LogP contribution in [0.15, 0.2) is 103 Å². The first-order valence-corrected chi connectivity index (χ1v) is 13.0. The third-order valence-corrected chi connectivity index (χ3v) is 7.42. The van der Waals surface area contributed by atoms with Crippen LogP contribution in [0.3, 0.4) is 0 Å². The molecule has 36 heavy (non-hydrogen) atoms. The maximum absolute atomic E-state index is 9.76. The van der Waals surface area contributed by atoms with Crippen molar-refractivity contribution in [1.82, 2.24) is 0 Å². The minimum absolute atomic E-state index is 0.317. The number of phenols is 1. The maximum atomic E-state index is 9.76. The average Bonchev–Trinajstić information content (AvgIpc) is 2.92. The molecule has 3 nitrogen and oxygen atoms in total. The molecule has 0 aromatic heterocycles. The molecule has 3 atom stereocenters. The van der Waals surface area contributed by atoms with Crippen LogP contribution in [0.4, 0.5) is 0 Å². The van der Waals surface area contributed by atoms with Crippen molar-refractivity contribution in [1.29, 1.82) is 0 Å². The van der Waals surface area contributed by atoms with Gasteiger partial charge in [0.1, 0.15) is 17.2 Å². The van der Waals surface area contributed by atoms with Crippen molar-refractivity contribution in [3.05, 3.63) is 120 Å². The molecule has 182 valence electrons. The molecule has 0 saturated heterocycles. The molecule has 0 spiro atoms. The van der Waals surface area contributed by atoms with Crippen LogP contribution in [0.2, 0.25) is 0 Å². The van der Waals surface area contributed by atoms with E-state index in [1.807, 2.05) is 30.3 Å². The fourth-order valence-corrected chi connectivity index (χ4v) is 5.27. The summed E-state index contributed by atoms with van der Waals surface area (Å²) in [5, 5.41) is 9.76. The van der Waals surface area contributed by atoms with Crippen LogP contribution < -0.4 is 14.8 Å². The van der Waals surface area contributed by atoms with Crippen molar-refractivity contribution in [3.63, 3.8) is 0 Å². The van der Waals surface area contributed by atoms with Crippen molar-refractivity contribution >= 4 is 12.6 Å². The maximum Gasteiger partial charge on any atom is 0.632 e. The van der Waals surface area contributed by atoms with Crippen molar-refractivity contribution in [2.75, 3.05) is 0 Å². The van der Waals surface area contributed by atoms with E-state index in [1.54, 1.807) is 12.1 Å². The molecule has 0 aliphatic carbocycles. The average molecular weight is 476 g/mol. The zero-order valence-corrected chi connectivity index (χ0v) is 21.0. The molecule has 0 radical (unpaired) electrons. The Hall–Kier alpha value is -3.66. The smallest absolute Gasteiger partial charge is 0.522 e. The van der Waals surface area contributed by atoms with Gasteiger partial charge in [-0.2, -0.15) is 0 Å². The molecule has 4 aliphatic rings. The Bertz CT molecular complexity index is 1240. The Labute approximate surface area is 214 Å². The van der Waals surface area contributed by atoms with E-state index in [0.717, 1.165) is 36.2 Å². The summed E-state index contributed by atoms with van der Waals surface area (Å²) in [4.78, 5) is 0. The topological polar surface area (TPSA) is 38.7 Å². The molecule has 3 unspecified atom stereocenters. The van der Waals surface area contributed by atoms with Gasteiger partial charge in [0.15, 0.2) is 0 Å². The number of benzene rings is 4. The lowest BCUT2D eigenvalue weighted by Gasteiger charge is -2.27. The minimum atomic E-state index is -0.530. The molecule has 0 amide bonds. The molecule has 8 rings (SSSR count). The lowest BCUT2D eigenvalue weighted by Crippen LogP contribution is -2.42. The van der Waals surface area contributed by atoms with Crippen LogP contribution in [-0.4, -0.2) is 12.2 Å². The minimum Gasteiger partial charge on any atom is -0.522 e. The van der Waals surface area contributed by atoms with Gasteiger partial charge in [-0.15, -0.1) is 0 Å². The third kappa shape index (κ3) is 5.59. The van der Waals surface area contributed by atoms with Crippen molar-refractivity contribution in [2.45, 2.75) is 50.9 Å². The Kier molecular flexibility index (Phi) is 7.32. The van der Waals surface area contributed by atoms with Gasteiger partial charge in [-0.3, -0.25) is 0 Å².